The number of hydrogen-bond acceptors (Lipinski definition) is 2. The van der Waals surface area contributed by atoms with Crippen LogP contribution in [-0.4, -0.2) is 15.8 Å². The lowest BCUT2D eigenvalue weighted by molar-refractivity contribution is 0.111. The molecule has 0 saturated heterocycles. The van der Waals surface area contributed by atoms with Crippen molar-refractivity contribution in [1.82, 2.24) is 9.55 Å². The molecule has 2 rings (SSSR count). The number of aryl methyl sites for hydroxylation is 1. The molecule has 3 heteroatoms. The van der Waals surface area contributed by atoms with E-state index in [1.165, 1.54) is 32.1 Å². The summed E-state index contributed by atoms with van der Waals surface area (Å²) in [5.74, 6) is 1.49. The lowest BCUT2D eigenvalue weighted by atomic mass is 9.86. The van der Waals surface area contributed by atoms with Gasteiger partial charge in [0.25, 0.3) is 0 Å². The second-order valence-corrected chi connectivity index (χ2v) is 4.44. The fourth-order valence-electron chi connectivity index (χ4n) is 2.60. The molecule has 0 aliphatic heterocycles. The molecule has 0 unspecified atom stereocenters. The molecule has 82 valence electrons. The summed E-state index contributed by atoms with van der Waals surface area (Å²) in [7, 11) is 2.01. The summed E-state index contributed by atoms with van der Waals surface area (Å²) < 4.78 is 2.08. The first-order valence-corrected chi connectivity index (χ1v) is 5.72. The van der Waals surface area contributed by atoms with Crippen molar-refractivity contribution in [3.63, 3.8) is 0 Å². The van der Waals surface area contributed by atoms with E-state index in [-0.39, 0.29) is 0 Å². The highest BCUT2D eigenvalue weighted by Crippen LogP contribution is 2.33. The van der Waals surface area contributed by atoms with Gasteiger partial charge < -0.3 is 4.57 Å². The zero-order chi connectivity index (χ0) is 10.8. The Bertz CT molecular complexity index is 362. The maximum atomic E-state index is 11.0. The zero-order valence-electron chi connectivity index (χ0n) is 9.49. The number of aromatic nitrogens is 2. The average Bonchev–Trinajstić information content (AvgIpc) is 2.56. The van der Waals surface area contributed by atoms with Gasteiger partial charge in [-0.15, -0.1) is 0 Å². The number of nitrogens with zero attached hydrogens (tertiary/aromatic N) is 2. The van der Waals surface area contributed by atoms with Crippen LogP contribution in [0.4, 0.5) is 0 Å². The molecular weight excluding hydrogens is 188 g/mol. The van der Waals surface area contributed by atoms with E-state index >= 15 is 0 Å². The molecule has 15 heavy (non-hydrogen) atoms. The summed E-state index contributed by atoms with van der Waals surface area (Å²) in [6.45, 7) is 1.96. The van der Waals surface area contributed by atoms with Crippen molar-refractivity contribution in [1.29, 1.82) is 0 Å². The van der Waals surface area contributed by atoms with Crippen molar-refractivity contribution < 1.29 is 4.79 Å². The average molecular weight is 206 g/mol. The highest BCUT2D eigenvalue weighted by atomic mass is 16.1. The summed E-state index contributed by atoms with van der Waals surface area (Å²) in [4.78, 5) is 15.3. The van der Waals surface area contributed by atoms with E-state index in [9.17, 15) is 4.79 Å². The number of hydrogen-bond donors (Lipinski definition) is 0. The summed E-state index contributed by atoms with van der Waals surface area (Å²) in [6, 6.07) is 0. The molecule has 1 aromatic rings. The van der Waals surface area contributed by atoms with E-state index in [1.807, 2.05) is 14.0 Å². The van der Waals surface area contributed by atoms with Crippen molar-refractivity contribution >= 4 is 6.29 Å². The summed E-state index contributed by atoms with van der Waals surface area (Å²) >= 11 is 0. The van der Waals surface area contributed by atoms with Crippen LogP contribution in [0.15, 0.2) is 0 Å². The molecule has 1 fully saturated rings. The van der Waals surface area contributed by atoms with Crippen LogP contribution < -0.4 is 0 Å². The molecule has 1 aromatic heterocycles. The minimum Gasteiger partial charge on any atom is -0.334 e. The molecule has 1 aliphatic carbocycles. The van der Waals surface area contributed by atoms with E-state index in [2.05, 4.69) is 9.55 Å². The first-order chi connectivity index (χ1) is 7.24. The van der Waals surface area contributed by atoms with Crippen LogP contribution in [0, 0.1) is 6.92 Å². The van der Waals surface area contributed by atoms with Gasteiger partial charge in [0.1, 0.15) is 11.5 Å². The van der Waals surface area contributed by atoms with Gasteiger partial charge in [-0.3, -0.25) is 4.79 Å². The fraction of sp³-hybridized carbons (Fsp3) is 0.667. The molecule has 0 bridgehead atoms. The third kappa shape index (κ3) is 1.83. The minimum absolute atomic E-state index is 0.546. The van der Waals surface area contributed by atoms with E-state index in [1.54, 1.807) is 0 Å². The van der Waals surface area contributed by atoms with Gasteiger partial charge in [0.2, 0.25) is 0 Å². The molecule has 1 aliphatic rings. The second kappa shape index (κ2) is 4.17. The first-order valence-electron chi connectivity index (χ1n) is 5.72. The Kier molecular flexibility index (Phi) is 2.89. The fourth-order valence-corrected chi connectivity index (χ4v) is 2.60. The highest BCUT2D eigenvalue weighted by molar-refractivity contribution is 5.74. The minimum atomic E-state index is 0.546. The number of carbonyl (C=O) groups excluding carboxylic acids is 1. The highest BCUT2D eigenvalue weighted by Gasteiger charge is 2.23. The number of aldehydes is 1. The third-order valence-electron chi connectivity index (χ3n) is 3.49. The van der Waals surface area contributed by atoms with Gasteiger partial charge in [0.05, 0.1) is 5.69 Å². The standard InChI is InChI=1S/C12H18N2O/c1-9-13-11(8-15)12(14(9)2)10-6-4-3-5-7-10/h8,10H,3-7H2,1-2H3. The van der Waals surface area contributed by atoms with Crippen LogP contribution in [0.3, 0.4) is 0 Å². The van der Waals surface area contributed by atoms with Gasteiger partial charge in [-0.1, -0.05) is 19.3 Å². The molecule has 0 aromatic carbocycles. The van der Waals surface area contributed by atoms with Crippen LogP contribution in [0.2, 0.25) is 0 Å². The van der Waals surface area contributed by atoms with Gasteiger partial charge in [0.15, 0.2) is 6.29 Å². The summed E-state index contributed by atoms with van der Waals surface area (Å²) in [6.07, 6.45) is 7.22. The van der Waals surface area contributed by atoms with Crippen LogP contribution in [0.5, 0.6) is 0 Å². The molecule has 0 spiro atoms. The predicted octanol–water partition coefficient (Wildman–Crippen LogP) is 2.59. The monoisotopic (exact) mass is 206 g/mol. The maximum Gasteiger partial charge on any atom is 0.170 e. The smallest absolute Gasteiger partial charge is 0.170 e. The van der Waals surface area contributed by atoms with Crippen LogP contribution in [-0.2, 0) is 7.05 Å². The zero-order valence-corrected chi connectivity index (χ0v) is 9.49. The van der Waals surface area contributed by atoms with Crippen molar-refractivity contribution in [3.05, 3.63) is 17.2 Å². The molecular formula is C12H18N2O. The Labute approximate surface area is 90.5 Å². The van der Waals surface area contributed by atoms with Crippen molar-refractivity contribution in [2.75, 3.05) is 0 Å². The predicted molar refractivity (Wildman–Crippen MR) is 59.2 cm³/mol. The van der Waals surface area contributed by atoms with Crippen molar-refractivity contribution in [3.8, 4) is 0 Å². The molecule has 0 amide bonds. The van der Waals surface area contributed by atoms with E-state index in [0.717, 1.165) is 17.8 Å². The van der Waals surface area contributed by atoms with Crippen LogP contribution >= 0.6 is 0 Å². The van der Waals surface area contributed by atoms with E-state index in [0.29, 0.717) is 11.6 Å². The molecule has 0 radical (unpaired) electrons. The van der Waals surface area contributed by atoms with Crippen LogP contribution in [0.1, 0.15) is 60.0 Å². The van der Waals surface area contributed by atoms with E-state index in [4.69, 9.17) is 0 Å². The molecule has 0 N–H and O–H groups in total. The lowest BCUT2D eigenvalue weighted by Crippen LogP contribution is -2.11. The normalized spacial score (nSPS) is 18.0. The number of carbonyl (C=O) groups is 1. The Morgan fingerprint density at radius 3 is 2.60 bits per heavy atom. The first kappa shape index (κ1) is 10.4. The summed E-state index contributed by atoms with van der Waals surface area (Å²) in [5, 5.41) is 0. The van der Waals surface area contributed by atoms with Gasteiger partial charge in [0, 0.05) is 13.0 Å². The maximum absolute atomic E-state index is 11.0. The largest absolute Gasteiger partial charge is 0.334 e. The molecule has 1 heterocycles. The number of imidazole rings is 1. The Balaban J connectivity index is 2.35. The van der Waals surface area contributed by atoms with Crippen molar-refractivity contribution in [2.24, 2.45) is 7.05 Å². The van der Waals surface area contributed by atoms with Gasteiger partial charge in [-0.2, -0.15) is 0 Å². The van der Waals surface area contributed by atoms with Gasteiger partial charge >= 0.3 is 0 Å². The molecule has 1 saturated carbocycles. The topological polar surface area (TPSA) is 34.9 Å². The Morgan fingerprint density at radius 2 is 2.00 bits per heavy atom. The quantitative estimate of drug-likeness (QED) is 0.697. The SMILES string of the molecule is Cc1nc(C=O)c(C2CCCCC2)n1C. The Morgan fingerprint density at radius 1 is 1.33 bits per heavy atom. The third-order valence-corrected chi connectivity index (χ3v) is 3.49. The van der Waals surface area contributed by atoms with Crippen molar-refractivity contribution in [2.45, 2.75) is 44.9 Å². The molecule has 0 atom stereocenters. The lowest BCUT2D eigenvalue weighted by Gasteiger charge is -2.22. The Hall–Kier alpha value is -1.12. The second-order valence-electron chi connectivity index (χ2n) is 4.44. The van der Waals surface area contributed by atoms with Gasteiger partial charge in [-0.05, 0) is 19.8 Å². The van der Waals surface area contributed by atoms with Crippen LogP contribution in [0.25, 0.3) is 0 Å². The van der Waals surface area contributed by atoms with Gasteiger partial charge in [-0.25, -0.2) is 4.98 Å². The summed E-state index contributed by atoms with van der Waals surface area (Å²) in [5.41, 5.74) is 1.81. The van der Waals surface area contributed by atoms with E-state index < -0.39 is 0 Å². The molecule has 3 nitrogen and oxygen atoms in total. The number of rotatable bonds is 2.